The number of fused-ring (bicyclic) bond motifs is 4. The van der Waals surface area contributed by atoms with Gasteiger partial charge in [-0.3, -0.25) is 9.88 Å². The van der Waals surface area contributed by atoms with E-state index in [4.69, 9.17) is 15.0 Å². The third-order valence-corrected chi connectivity index (χ3v) is 8.23. The summed E-state index contributed by atoms with van der Waals surface area (Å²) >= 11 is 0. The summed E-state index contributed by atoms with van der Waals surface area (Å²) in [6, 6.07) is 23.8. The molecule has 2 aliphatic rings. The Hall–Kier alpha value is -3.77. The van der Waals surface area contributed by atoms with Crippen LogP contribution < -0.4 is 0 Å². The minimum absolute atomic E-state index is 0.382. The molecule has 0 N–H and O–H groups in total. The van der Waals surface area contributed by atoms with Gasteiger partial charge >= 0.3 is 0 Å². The molecule has 0 spiro atoms. The molecule has 2 atom stereocenters. The molecular formula is C31H32N6. The van der Waals surface area contributed by atoms with Crippen LogP contribution in [-0.2, 0) is 26.1 Å². The Morgan fingerprint density at radius 1 is 0.784 bits per heavy atom. The van der Waals surface area contributed by atoms with Crippen molar-refractivity contribution in [1.82, 2.24) is 29.0 Å². The Bertz CT molecular complexity index is 1520. The lowest BCUT2D eigenvalue weighted by Crippen LogP contribution is -2.42. The van der Waals surface area contributed by atoms with Crippen LogP contribution in [-0.4, -0.2) is 35.5 Å². The lowest BCUT2D eigenvalue weighted by atomic mass is 9.77. The number of hydrogen-bond acceptors (Lipinski definition) is 4. The second kappa shape index (κ2) is 9.60. The zero-order valence-corrected chi connectivity index (χ0v) is 21.1. The topological polar surface area (TPSA) is 51.8 Å². The Morgan fingerprint density at radius 2 is 1.68 bits per heavy atom. The molecule has 0 saturated carbocycles. The minimum Gasteiger partial charge on any atom is -0.329 e. The molecule has 1 aliphatic heterocycles. The number of nitrogens with zero attached hydrogens (tertiary/aromatic N) is 6. The van der Waals surface area contributed by atoms with E-state index in [1.54, 1.807) is 0 Å². The summed E-state index contributed by atoms with van der Waals surface area (Å²) < 4.78 is 4.64. The molecular weight excluding hydrogens is 456 g/mol. The Balaban J connectivity index is 1.23. The summed E-state index contributed by atoms with van der Waals surface area (Å²) in [4.78, 5) is 17.5. The molecule has 37 heavy (non-hydrogen) atoms. The highest BCUT2D eigenvalue weighted by molar-refractivity contribution is 5.76. The summed E-state index contributed by atoms with van der Waals surface area (Å²) in [6.07, 6.45) is 10.9. The van der Waals surface area contributed by atoms with Crippen LogP contribution in [0.2, 0.25) is 0 Å². The highest BCUT2D eigenvalue weighted by Gasteiger charge is 2.38. The van der Waals surface area contributed by atoms with E-state index in [0.29, 0.717) is 18.5 Å². The molecule has 4 heterocycles. The van der Waals surface area contributed by atoms with Crippen LogP contribution in [0, 0.1) is 5.92 Å². The van der Waals surface area contributed by atoms with Crippen molar-refractivity contribution in [2.75, 3.05) is 6.54 Å². The van der Waals surface area contributed by atoms with Crippen molar-refractivity contribution in [1.29, 1.82) is 0 Å². The molecule has 6 nitrogen and oxygen atoms in total. The van der Waals surface area contributed by atoms with Gasteiger partial charge in [0.15, 0.2) is 0 Å². The number of para-hydroxylation sites is 2. The van der Waals surface area contributed by atoms with Gasteiger partial charge in [0.2, 0.25) is 0 Å². The maximum Gasteiger partial charge on any atom is 0.129 e. The zero-order chi connectivity index (χ0) is 24.6. The van der Waals surface area contributed by atoms with E-state index >= 15 is 0 Å². The van der Waals surface area contributed by atoms with Crippen LogP contribution >= 0.6 is 0 Å². The predicted octanol–water partition coefficient (Wildman–Crippen LogP) is 5.62. The first kappa shape index (κ1) is 22.4. The van der Waals surface area contributed by atoms with Crippen molar-refractivity contribution in [3.63, 3.8) is 0 Å². The van der Waals surface area contributed by atoms with Gasteiger partial charge < -0.3 is 9.13 Å². The number of likely N-dealkylation sites (tertiary alicyclic amines) is 1. The van der Waals surface area contributed by atoms with Crippen LogP contribution in [0.15, 0.2) is 85.3 Å². The van der Waals surface area contributed by atoms with Crippen LogP contribution in [0.25, 0.3) is 11.0 Å². The number of aromatic nitrogens is 5. The van der Waals surface area contributed by atoms with Gasteiger partial charge in [0, 0.05) is 25.1 Å². The van der Waals surface area contributed by atoms with Gasteiger partial charge in [-0.2, -0.15) is 0 Å². The molecule has 0 amide bonds. The Morgan fingerprint density at radius 3 is 2.62 bits per heavy atom. The van der Waals surface area contributed by atoms with E-state index in [-0.39, 0.29) is 0 Å². The van der Waals surface area contributed by atoms with E-state index in [2.05, 4.69) is 87.0 Å². The number of benzene rings is 2. The van der Waals surface area contributed by atoms with Gasteiger partial charge in [-0.1, -0.05) is 48.5 Å². The number of imidazole rings is 2. The molecule has 186 valence electrons. The van der Waals surface area contributed by atoms with Crippen molar-refractivity contribution >= 4 is 11.0 Å². The Kier molecular flexibility index (Phi) is 5.82. The molecule has 7 rings (SSSR count). The maximum absolute atomic E-state index is 5.16. The maximum atomic E-state index is 5.16. The van der Waals surface area contributed by atoms with Gasteiger partial charge in [-0.05, 0) is 67.5 Å². The third-order valence-electron chi connectivity index (χ3n) is 8.23. The molecule has 3 aromatic heterocycles. The molecule has 2 aromatic carbocycles. The first-order chi connectivity index (χ1) is 18.3. The van der Waals surface area contributed by atoms with Gasteiger partial charge in [-0.15, -0.1) is 0 Å². The predicted molar refractivity (Wildman–Crippen MR) is 145 cm³/mol. The fourth-order valence-electron chi connectivity index (χ4n) is 6.46. The molecule has 0 radical (unpaired) electrons. The fourth-order valence-corrected chi connectivity index (χ4v) is 6.46. The van der Waals surface area contributed by atoms with Crippen molar-refractivity contribution in [3.05, 3.63) is 114 Å². The molecule has 6 heteroatoms. The van der Waals surface area contributed by atoms with E-state index in [9.17, 15) is 0 Å². The van der Waals surface area contributed by atoms with E-state index < -0.39 is 0 Å². The summed E-state index contributed by atoms with van der Waals surface area (Å²) in [6.45, 7) is 3.43. The average Bonchev–Trinajstić information content (AvgIpc) is 3.53. The third kappa shape index (κ3) is 4.25. The van der Waals surface area contributed by atoms with Crippen molar-refractivity contribution in [2.24, 2.45) is 5.92 Å². The van der Waals surface area contributed by atoms with Crippen LogP contribution in [0.3, 0.4) is 0 Å². The smallest absolute Gasteiger partial charge is 0.129 e. The van der Waals surface area contributed by atoms with Crippen LogP contribution in [0.1, 0.15) is 53.8 Å². The van der Waals surface area contributed by atoms with Gasteiger partial charge in [0.25, 0.3) is 0 Å². The standard InChI is InChI=1S/C31H32N6/c1-2-8-23(9-3-1)20-35-19-17-32-28(35)22-37-27-13-5-4-12-26(27)34-29(37)21-36-18-7-11-25-15-14-24-10-6-16-33-30(24)31(25)36/h1-6,8-10,12-13,16-17,19,25,31H,7,11,14-15,18,20-22H2. The lowest BCUT2D eigenvalue weighted by Gasteiger charge is -2.44. The van der Waals surface area contributed by atoms with E-state index in [1.165, 1.54) is 41.6 Å². The summed E-state index contributed by atoms with van der Waals surface area (Å²) in [5, 5.41) is 0. The SMILES string of the molecule is c1ccc(Cn2ccnc2Cn2c(CN3CCCC4CCc5cccnc5C43)nc3ccccc32)cc1. The highest BCUT2D eigenvalue weighted by Crippen LogP contribution is 2.43. The number of rotatable bonds is 6. The molecule has 1 aliphatic carbocycles. The Labute approximate surface area is 217 Å². The van der Waals surface area contributed by atoms with Crippen molar-refractivity contribution in [3.8, 4) is 0 Å². The van der Waals surface area contributed by atoms with Crippen molar-refractivity contribution < 1.29 is 0 Å². The average molecular weight is 489 g/mol. The number of piperidine rings is 1. The largest absolute Gasteiger partial charge is 0.329 e. The van der Waals surface area contributed by atoms with Crippen molar-refractivity contribution in [2.45, 2.75) is 51.4 Å². The van der Waals surface area contributed by atoms with Gasteiger partial charge in [-0.25, -0.2) is 9.97 Å². The normalized spacial score (nSPS) is 19.6. The first-order valence-electron chi connectivity index (χ1n) is 13.5. The highest BCUT2D eigenvalue weighted by atomic mass is 15.2. The zero-order valence-electron chi connectivity index (χ0n) is 21.1. The van der Waals surface area contributed by atoms with Crippen LogP contribution in [0.4, 0.5) is 0 Å². The lowest BCUT2D eigenvalue weighted by molar-refractivity contribution is 0.0665. The number of pyridine rings is 1. The second-order valence-corrected chi connectivity index (χ2v) is 10.5. The molecule has 1 saturated heterocycles. The monoisotopic (exact) mass is 488 g/mol. The fraction of sp³-hybridized carbons (Fsp3) is 0.323. The molecule has 2 unspecified atom stereocenters. The number of hydrogen-bond donors (Lipinski definition) is 0. The minimum atomic E-state index is 0.382. The van der Waals surface area contributed by atoms with E-state index in [1.807, 2.05) is 12.4 Å². The molecule has 1 fully saturated rings. The second-order valence-electron chi connectivity index (χ2n) is 10.5. The van der Waals surface area contributed by atoms with Crippen LogP contribution in [0.5, 0.6) is 0 Å². The summed E-state index contributed by atoms with van der Waals surface area (Å²) in [7, 11) is 0. The summed E-state index contributed by atoms with van der Waals surface area (Å²) in [5.74, 6) is 2.84. The molecule has 5 aromatic rings. The van der Waals surface area contributed by atoms with E-state index in [0.717, 1.165) is 43.2 Å². The van der Waals surface area contributed by atoms with Gasteiger partial charge in [0.1, 0.15) is 11.6 Å². The first-order valence-corrected chi connectivity index (χ1v) is 13.5. The number of aryl methyl sites for hydroxylation is 1. The quantitative estimate of drug-likeness (QED) is 0.311. The summed E-state index contributed by atoms with van der Waals surface area (Å²) in [5.41, 5.74) is 6.21. The van der Waals surface area contributed by atoms with Gasteiger partial charge in [0.05, 0.1) is 35.9 Å². The molecule has 0 bridgehead atoms.